The van der Waals surface area contributed by atoms with Gasteiger partial charge in [-0.05, 0) is 18.7 Å². The summed E-state index contributed by atoms with van der Waals surface area (Å²) >= 11 is 0.894. The minimum absolute atomic E-state index is 0. The maximum atomic E-state index is 10.9. The summed E-state index contributed by atoms with van der Waals surface area (Å²) < 4.78 is 0. The quantitative estimate of drug-likeness (QED) is 0.707. The molecule has 0 aromatic heterocycles. The highest BCUT2D eigenvalue weighted by Crippen LogP contribution is 2.21. The molecule has 1 aromatic rings. The Hall–Kier alpha value is -1.13. The van der Waals surface area contributed by atoms with E-state index in [0.717, 1.165) is 22.9 Å². The summed E-state index contributed by atoms with van der Waals surface area (Å²) in [4.78, 5) is 25.5. The molecule has 1 aliphatic rings. The first-order valence-corrected chi connectivity index (χ1v) is 4.90. The second kappa shape index (κ2) is 4.59. The summed E-state index contributed by atoms with van der Waals surface area (Å²) in [5.74, 6) is -0.662. The van der Waals surface area contributed by atoms with Crippen LogP contribution in [0.5, 0.6) is 0 Å². The molecule has 1 aliphatic heterocycles. The molecule has 0 spiro atoms. The van der Waals surface area contributed by atoms with E-state index in [1.54, 1.807) is 0 Å². The monoisotopic (exact) mass is 241 g/mol. The van der Waals surface area contributed by atoms with E-state index in [2.05, 4.69) is 4.99 Å². The van der Waals surface area contributed by atoms with Crippen molar-refractivity contribution >= 4 is 40.2 Å². The highest BCUT2D eigenvalue weighted by Gasteiger charge is 2.25. The van der Waals surface area contributed by atoms with Crippen molar-refractivity contribution in [3.05, 3.63) is 35.4 Å². The van der Waals surface area contributed by atoms with E-state index < -0.39 is 11.0 Å². The van der Waals surface area contributed by atoms with E-state index in [1.807, 2.05) is 31.2 Å². The van der Waals surface area contributed by atoms with Gasteiger partial charge < -0.3 is 0 Å². The van der Waals surface area contributed by atoms with Crippen LogP contribution in [-0.2, 0) is 9.59 Å². The molecule has 0 saturated heterocycles. The number of hydrogen-bond acceptors (Lipinski definition) is 3. The second-order valence-electron chi connectivity index (χ2n) is 2.98. The Kier molecular flexibility index (Phi) is 3.66. The third-order valence-corrected chi connectivity index (χ3v) is 2.75. The molecular weight excluding hydrogens is 234 g/mol. The first-order chi connectivity index (χ1) is 6.66. The van der Waals surface area contributed by atoms with Gasteiger partial charge in [-0.3, -0.25) is 9.59 Å². The minimum atomic E-state index is -0.662. The zero-order chi connectivity index (χ0) is 10.1. The Labute approximate surface area is 97.4 Å². The van der Waals surface area contributed by atoms with Crippen LogP contribution in [0.25, 0.3) is 0 Å². The standard InChI is InChI=1S/C10H7NO2S.ClH/c1-6-2-4-7(5-3-6)9-11-8(12)10(13)14-9;/h2-5H,1H3;1H. The Morgan fingerprint density at radius 1 is 1.13 bits per heavy atom. The van der Waals surface area contributed by atoms with Crippen LogP contribution in [0.3, 0.4) is 0 Å². The molecule has 3 nitrogen and oxygen atoms in total. The number of rotatable bonds is 1. The van der Waals surface area contributed by atoms with E-state index in [0.29, 0.717) is 5.04 Å². The molecule has 0 unspecified atom stereocenters. The van der Waals surface area contributed by atoms with Gasteiger partial charge in [0.2, 0.25) is 0 Å². The van der Waals surface area contributed by atoms with E-state index in [4.69, 9.17) is 0 Å². The van der Waals surface area contributed by atoms with Gasteiger partial charge in [-0.2, -0.15) is 4.99 Å². The van der Waals surface area contributed by atoms with Gasteiger partial charge in [-0.25, -0.2) is 0 Å². The zero-order valence-corrected chi connectivity index (χ0v) is 9.52. The van der Waals surface area contributed by atoms with Gasteiger partial charge in [0.15, 0.2) is 0 Å². The van der Waals surface area contributed by atoms with Crippen LogP contribution >= 0.6 is 24.2 Å². The third kappa shape index (κ3) is 2.46. The SMILES string of the molecule is Cc1ccc(C2=NC(=O)C(=O)S2)cc1.Cl. The number of amides is 1. The number of nitrogens with zero attached hydrogens (tertiary/aromatic N) is 1. The Bertz CT molecular complexity index is 439. The van der Waals surface area contributed by atoms with Crippen molar-refractivity contribution in [1.29, 1.82) is 0 Å². The molecule has 0 bridgehead atoms. The lowest BCUT2D eigenvalue weighted by Gasteiger charge is -1.97. The molecule has 15 heavy (non-hydrogen) atoms. The van der Waals surface area contributed by atoms with Crippen molar-refractivity contribution in [2.24, 2.45) is 4.99 Å². The van der Waals surface area contributed by atoms with Crippen LogP contribution in [-0.4, -0.2) is 16.1 Å². The number of carbonyl (C=O) groups excluding carboxylic acids is 2. The Morgan fingerprint density at radius 2 is 1.73 bits per heavy atom. The predicted octanol–water partition coefficient (Wildman–Crippen LogP) is 1.96. The van der Waals surface area contributed by atoms with E-state index in [-0.39, 0.29) is 12.4 Å². The average molecular weight is 242 g/mol. The van der Waals surface area contributed by atoms with Crippen LogP contribution in [0, 0.1) is 6.92 Å². The summed E-state index contributed by atoms with van der Waals surface area (Å²) in [6.07, 6.45) is 0. The molecule has 2 rings (SSSR count). The maximum Gasteiger partial charge on any atom is 0.325 e. The average Bonchev–Trinajstić information content (AvgIpc) is 2.48. The van der Waals surface area contributed by atoms with Gasteiger partial charge >= 0.3 is 5.91 Å². The van der Waals surface area contributed by atoms with E-state index >= 15 is 0 Å². The number of hydrogen-bond donors (Lipinski definition) is 0. The normalized spacial score (nSPS) is 14.9. The fourth-order valence-electron chi connectivity index (χ4n) is 1.11. The lowest BCUT2D eigenvalue weighted by Crippen LogP contribution is -1.98. The summed E-state index contributed by atoms with van der Waals surface area (Å²) in [5.41, 5.74) is 1.95. The molecule has 0 fully saturated rings. The molecule has 1 heterocycles. The molecular formula is C10H8ClNO2S. The van der Waals surface area contributed by atoms with Crippen LogP contribution < -0.4 is 0 Å². The number of halogens is 1. The van der Waals surface area contributed by atoms with Gasteiger partial charge in [0.05, 0.1) is 0 Å². The molecule has 0 saturated carbocycles. The number of benzene rings is 1. The van der Waals surface area contributed by atoms with Crippen LogP contribution in [0.15, 0.2) is 29.3 Å². The first kappa shape index (κ1) is 11.9. The van der Waals surface area contributed by atoms with Crippen molar-refractivity contribution in [2.45, 2.75) is 6.92 Å². The van der Waals surface area contributed by atoms with Gasteiger partial charge in [0.25, 0.3) is 5.12 Å². The smallest absolute Gasteiger partial charge is 0.275 e. The minimum Gasteiger partial charge on any atom is -0.275 e. The highest BCUT2D eigenvalue weighted by molar-refractivity contribution is 8.28. The lowest BCUT2D eigenvalue weighted by molar-refractivity contribution is -0.130. The summed E-state index contributed by atoms with van der Waals surface area (Å²) in [6, 6.07) is 7.55. The molecule has 78 valence electrons. The summed E-state index contributed by atoms with van der Waals surface area (Å²) in [7, 11) is 0. The molecule has 0 atom stereocenters. The Balaban J connectivity index is 0.00000112. The van der Waals surface area contributed by atoms with Crippen molar-refractivity contribution < 1.29 is 9.59 Å². The third-order valence-electron chi connectivity index (χ3n) is 1.87. The molecule has 0 aliphatic carbocycles. The van der Waals surface area contributed by atoms with Gasteiger partial charge in [-0.15, -0.1) is 12.4 Å². The predicted molar refractivity (Wildman–Crippen MR) is 62.6 cm³/mol. The highest BCUT2D eigenvalue weighted by atomic mass is 35.5. The van der Waals surface area contributed by atoms with Crippen molar-refractivity contribution in [2.75, 3.05) is 0 Å². The first-order valence-electron chi connectivity index (χ1n) is 4.09. The van der Waals surface area contributed by atoms with E-state index in [9.17, 15) is 9.59 Å². The fourth-order valence-corrected chi connectivity index (χ4v) is 1.80. The van der Waals surface area contributed by atoms with Gasteiger partial charge in [0, 0.05) is 5.56 Å². The van der Waals surface area contributed by atoms with Crippen LogP contribution in [0.4, 0.5) is 0 Å². The number of aliphatic imine (C=N–C) groups is 1. The number of aryl methyl sites for hydroxylation is 1. The summed E-state index contributed by atoms with van der Waals surface area (Å²) in [5, 5.41) is 0.000532. The van der Waals surface area contributed by atoms with Crippen molar-refractivity contribution in [3.8, 4) is 0 Å². The largest absolute Gasteiger partial charge is 0.325 e. The Morgan fingerprint density at radius 3 is 2.20 bits per heavy atom. The van der Waals surface area contributed by atoms with Crippen molar-refractivity contribution in [1.82, 2.24) is 0 Å². The zero-order valence-electron chi connectivity index (χ0n) is 7.89. The number of carbonyl (C=O) groups is 2. The topological polar surface area (TPSA) is 46.5 Å². The second-order valence-corrected chi connectivity index (χ2v) is 3.94. The van der Waals surface area contributed by atoms with Crippen LogP contribution in [0.1, 0.15) is 11.1 Å². The molecule has 0 N–H and O–H groups in total. The molecule has 5 heteroatoms. The van der Waals surface area contributed by atoms with Crippen molar-refractivity contribution in [3.63, 3.8) is 0 Å². The van der Waals surface area contributed by atoms with Gasteiger partial charge in [-0.1, -0.05) is 29.8 Å². The van der Waals surface area contributed by atoms with Crippen LogP contribution in [0.2, 0.25) is 0 Å². The van der Waals surface area contributed by atoms with E-state index in [1.165, 1.54) is 0 Å². The van der Waals surface area contributed by atoms with Gasteiger partial charge in [0.1, 0.15) is 5.04 Å². The fraction of sp³-hybridized carbons (Fsp3) is 0.100. The molecule has 0 radical (unpaired) electrons. The summed E-state index contributed by atoms with van der Waals surface area (Å²) in [6.45, 7) is 1.98. The number of thioether (sulfide) groups is 1. The molecule has 1 aromatic carbocycles. The molecule has 1 amide bonds. The maximum absolute atomic E-state index is 10.9. The lowest BCUT2D eigenvalue weighted by atomic mass is 10.2.